The molecule has 16 heavy (non-hydrogen) atoms. The average Bonchev–Trinajstić information content (AvgIpc) is 2.24. The Morgan fingerprint density at radius 3 is 2.69 bits per heavy atom. The second-order valence-corrected chi connectivity index (χ2v) is 4.87. The summed E-state index contributed by atoms with van der Waals surface area (Å²) in [6.07, 6.45) is 2.94. The van der Waals surface area contributed by atoms with E-state index in [4.69, 9.17) is 4.74 Å². The van der Waals surface area contributed by atoms with E-state index in [0.29, 0.717) is 24.8 Å². The number of ether oxygens (including phenoxy) is 1. The van der Waals surface area contributed by atoms with Gasteiger partial charge in [0.25, 0.3) is 0 Å². The standard InChI is InChI=1S/C10H18BrNO3S/c1-3-15-10(14)8(5-7-16-2)12-9(13)4-6-11/h8H,3-7H2,1-2H3,(H,12,13). The van der Waals surface area contributed by atoms with Gasteiger partial charge in [-0.2, -0.15) is 11.8 Å². The van der Waals surface area contributed by atoms with Crippen molar-refractivity contribution >= 4 is 39.6 Å². The van der Waals surface area contributed by atoms with E-state index in [2.05, 4.69) is 21.2 Å². The Morgan fingerprint density at radius 1 is 1.50 bits per heavy atom. The van der Waals surface area contributed by atoms with Crippen LogP contribution in [0.5, 0.6) is 0 Å². The third kappa shape index (κ3) is 7.11. The van der Waals surface area contributed by atoms with E-state index in [0.717, 1.165) is 5.75 Å². The minimum absolute atomic E-state index is 0.129. The van der Waals surface area contributed by atoms with Crippen LogP contribution in [0.3, 0.4) is 0 Å². The van der Waals surface area contributed by atoms with Crippen LogP contribution in [0, 0.1) is 0 Å². The number of thioether (sulfide) groups is 1. The van der Waals surface area contributed by atoms with Gasteiger partial charge in [0.1, 0.15) is 6.04 Å². The minimum atomic E-state index is -0.515. The predicted molar refractivity (Wildman–Crippen MR) is 70.0 cm³/mol. The number of carbonyl (C=O) groups excluding carboxylic acids is 2. The van der Waals surface area contributed by atoms with Crippen LogP contribution < -0.4 is 5.32 Å². The lowest BCUT2D eigenvalue weighted by molar-refractivity contribution is -0.147. The lowest BCUT2D eigenvalue weighted by Crippen LogP contribution is -2.42. The topological polar surface area (TPSA) is 55.4 Å². The maximum Gasteiger partial charge on any atom is 0.328 e. The Bertz CT molecular complexity index is 226. The van der Waals surface area contributed by atoms with Gasteiger partial charge in [-0.15, -0.1) is 0 Å². The number of hydrogen-bond donors (Lipinski definition) is 1. The maximum atomic E-state index is 11.5. The third-order valence-electron chi connectivity index (χ3n) is 1.84. The van der Waals surface area contributed by atoms with E-state index in [9.17, 15) is 9.59 Å². The molecule has 0 aromatic carbocycles. The van der Waals surface area contributed by atoms with Crippen molar-refractivity contribution in [1.82, 2.24) is 5.32 Å². The average molecular weight is 312 g/mol. The van der Waals surface area contributed by atoms with Gasteiger partial charge in [0.15, 0.2) is 0 Å². The molecule has 0 aromatic rings. The number of hydrogen-bond acceptors (Lipinski definition) is 4. The quantitative estimate of drug-likeness (QED) is 0.546. The first-order valence-corrected chi connectivity index (χ1v) is 7.68. The molecule has 0 fully saturated rings. The van der Waals surface area contributed by atoms with Crippen LogP contribution in [-0.4, -0.2) is 41.9 Å². The van der Waals surface area contributed by atoms with E-state index in [1.54, 1.807) is 18.7 Å². The van der Waals surface area contributed by atoms with Gasteiger partial charge in [0, 0.05) is 11.8 Å². The normalized spacial score (nSPS) is 11.9. The molecule has 0 aromatic heterocycles. The molecule has 0 aliphatic heterocycles. The van der Waals surface area contributed by atoms with Gasteiger partial charge >= 0.3 is 5.97 Å². The molecule has 4 nitrogen and oxygen atoms in total. The first-order valence-electron chi connectivity index (χ1n) is 5.16. The number of carbonyl (C=O) groups is 2. The highest BCUT2D eigenvalue weighted by molar-refractivity contribution is 9.09. The molecule has 1 N–H and O–H groups in total. The number of esters is 1. The second kappa shape index (κ2) is 9.96. The molecule has 0 heterocycles. The SMILES string of the molecule is CCOC(=O)C(CCSC)NC(=O)CCBr. The van der Waals surface area contributed by atoms with E-state index in [1.165, 1.54) is 0 Å². The minimum Gasteiger partial charge on any atom is -0.464 e. The number of halogens is 1. The van der Waals surface area contributed by atoms with Crippen molar-refractivity contribution in [1.29, 1.82) is 0 Å². The van der Waals surface area contributed by atoms with E-state index >= 15 is 0 Å². The highest BCUT2D eigenvalue weighted by Gasteiger charge is 2.20. The number of nitrogens with one attached hydrogen (secondary N) is 1. The summed E-state index contributed by atoms with van der Waals surface area (Å²) in [7, 11) is 0. The van der Waals surface area contributed by atoms with Crippen LogP contribution in [0.25, 0.3) is 0 Å². The van der Waals surface area contributed by atoms with Crippen molar-refractivity contribution < 1.29 is 14.3 Å². The molecule has 0 rings (SSSR count). The molecule has 0 saturated carbocycles. The van der Waals surface area contributed by atoms with Gasteiger partial charge in [0.2, 0.25) is 5.91 Å². The van der Waals surface area contributed by atoms with Gasteiger partial charge < -0.3 is 10.1 Å². The smallest absolute Gasteiger partial charge is 0.328 e. The Morgan fingerprint density at radius 2 is 2.19 bits per heavy atom. The molecule has 0 aliphatic carbocycles. The summed E-state index contributed by atoms with van der Waals surface area (Å²) in [5, 5.41) is 3.27. The summed E-state index contributed by atoms with van der Waals surface area (Å²) in [6, 6.07) is -0.515. The van der Waals surface area contributed by atoms with Gasteiger partial charge in [0.05, 0.1) is 6.61 Å². The van der Waals surface area contributed by atoms with Gasteiger partial charge in [-0.25, -0.2) is 4.79 Å². The van der Waals surface area contributed by atoms with Crippen LogP contribution in [0.2, 0.25) is 0 Å². The van der Waals surface area contributed by atoms with Gasteiger partial charge in [-0.1, -0.05) is 15.9 Å². The lowest BCUT2D eigenvalue weighted by atomic mass is 10.2. The Labute approximate surface area is 109 Å². The molecule has 94 valence electrons. The fourth-order valence-corrected chi connectivity index (χ4v) is 1.91. The summed E-state index contributed by atoms with van der Waals surface area (Å²) < 4.78 is 4.91. The van der Waals surface area contributed by atoms with Crippen LogP contribution in [0.4, 0.5) is 0 Å². The van der Waals surface area contributed by atoms with Crippen molar-refractivity contribution in [3.63, 3.8) is 0 Å². The molecule has 0 spiro atoms. The van der Waals surface area contributed by atoms with Crippen LogP contribution in [-0.2, 0) is 14.3 Å². The van der Waals surface area contributed by atoms with Crippen LogP contribution >= 0.6 is 27.7 Å². The maximum absolute atomic E-state index is 11.5. The van der Waals surface area contributed by atoms with Crippen molar-refractivity contribution in [2.45, 2.75) is 25.8 Å². The fraction of sp³-hybridized carbons (Fsp3) is 0.800. The summed E-state index contributed by atoms with van der Waals surface area (Å²) in [5.74, 6) is 0.341. The molecular weight excluding hydrogens is 294 g/mol. The van der Waals surface area contributed by atoms with Crippen molar-refractivity contribution in [2.75, 3.05) is 23.9 Å². The summed E-state index contributed by atoms with van der Waals surface area (Å²) in [6.45, 7) is 2.09. The summed E-state index contributed by atoms with van der Waals surface area (Å²) in [5.41, 5.74) is 0. The second-order valence-electron chi connectivity index (χ2n) is 3.09. The highest BCUT2D eigenvalue weighted by atomic mass is 79.9. The first-order chi connectivity index (χ1) is 7.65. The van der Waals surface area contributed by atoms with Crippen LogP contribution in [0.15, 0.2) is 0 Å². The third-order valence-corrected chi connectivity index (χ3v) is 2.88. The molecular formula is C10H18BrNO3S. The molecule has 6 heteroatoms. The molecule has 1 amide bonds. The lowest BCUT2D eigenvalue weighted by Gasteiger charge is -2.16. The molecule has 0 saturated heterocycles. The molecule has 1 atom stereocenters. The van der Waals surface area contributed by atoms with Gasteiger partial charge in [-0.05, 0) is 25.4 Å². The predicted octanol–water partition coefficient (Wildman–Crippen LogP) is 1.57. The van der Waals surface area contributed by atoms with Crippen molar-refractivity contribution in [3.8, 4) is 0 Å². The zero-order valence-electron chi connectivity index (χ0n) is 9.62. The fourth-order valence-electron chi connectivity index (χ4n) is 1.08. The Hall–Kier alpha value is -0.230. The first kappa shape index (κ1) is 15.8. The Kier molecular flexibility index (Phi) is 9.82. The molecule has 0 bridgehead atoms. The van der Waals surface area contributed by atoms with E-state index in [-0.39, 0.29) is 11.9 Å². The van der Waals surface area contributed by atoms with Crippen molar-refractivity contribution in [3.05, 3.63) is 0 Å². The Balaban J connectivity index is 4.18. The zero-order chi connectivity index (χ0) is 12.4. The molecule has 0 radical (unpaired) electrons. The zero-order valence-corrected chi connectivity index (χ0v) is 12.0. The number of amides is 1. The largest absolute Gasteiger partial charge is 0.464 e. The van der Waals surface area contributed by atoms with Crippen molar-refractivity contribution in [2.24, 2.45) is 0 Å². The number of rotatable bonds is 8. The number of alkyl halides is 1. The van der Waals surface area contributed by atoms with Crippen LogP contribution in [0.1, 0.15) is 19.8 Å². The van der Waals surface area contributed by atoms with E-state index < -0.39 is 6.04 Å². The summed E-state index contributed by atoms with van der Waals surface area (Å²) in [4.78, 5) is 22.9. The highest BCUT2D eigenvalue weighted by Crippen LogP contribution is 2.03. The molecule has 1 unspecified atom stereocenters. The molecule has 0 aliphatic rings. The van der Waals surface area contributed by atoms with Gasteiger partial charge in [-0.3, -0.25) is 4.79 Å². The summed E-state index contributed by atoms with van der Waals surface area (Å²) >= 11 is 4.82. The van der Waals surface area contributed by atoms with E-state index in [1.807, 2.05) is 6.26 Å². The monoisotopic (exact) mass is 311 g/mol.